The second-order valence-electron chi connectivity index (χ2n) is 4.63. The van der Waals surface area contributed by atoms with E-state index in [2.05, 4.69) is 15.3 Å². The Bertz CT molecular complexity index is 401. The fourth-order valence-corrected chi connectivity index (χ4v) is 2.08. The highest BCUT2D eigenvalue weighted by molar-refractivity contribution is 5.03. The van der Waals surface area contributed by atoms with Crippen molar-refractivity contribution >= 4 is 0 Å². The summed E-state index contributed by atoms with van der Waals surface area (Å²) in [4.78, 5) is 2.08. The Morgan fingerprint density at radius 1 is 1.32 bits per heavy atom. The number of aliphatic hydroxyl groups excluding tert-OH is 1. The molecule has 1 atom stereocenters. The minimum Gasteiger partial charge on any atom is -0.390 e. The van der Waals surface area contributed by atoms with Crippen LogP contribution in [0.15, 0.2) is 12.3 Å². The molecule has 2 heterocycles. The average Bonchev–Trinajstić information content (AvgIpc) is 2.78. The van der Waals surface area contributed by atoms with Gasteiger partial charge in [0.05, 0.1) is 12.6 Å². The molecule has 1 aliphatic rings. The molecule has 108 valence electrons. The minimum absolute atomic E-state index is 0.0695. The van der Waals surface area contributed by atoms with Crippen molar-refractivity contribution in [3.8, 4) is 0 Å². The summed E-state index contributed by atoms with van der Waals surface area (Å²) in [6, 6.07) is 0.914. The highest BCUT2D eigenvalue weighted by Gasteiger charge is 2.33. The van der Waals surface area contributed by atoms with Gasteiger partial charge in [0.15, 0.2) is 5.69 Å². The van der Waals surface area contributed by atoms with E-state index in [1.807, 2.05) is 0 Å². The Balaban J connectivity index is 1.84. The molecule has 0 saturated carbocycles. The molecule has 1 saturated heterocycles. The van der Waals surface area contributed by atoms with E-state index in [9.17, 15) is 18.3 Å². The number of hydrogen-bond acceptors (Lipinski definition) is 4. The summed E-state index contributed by atoms with van der Waals surface area (Å²) in [6.45, 7) is 3.93. The number of alkyl halides is 3. The van der Waals surface area contributed by atoms with E-state index in [0.29, 0.717) is 6.54 Å². The smallest absolute Gasteiger partial charge is 0.390 e. The van der Waals surface area contributed by atoms with Crippen LogP contribution in [0.25, 0.3) is 0 Å². The molecule has 8 heteroatoms. The number of aromatic nitrogens is 2. The molecule has 0 bridgehead atoms. The number of rotatable bonds is 4. The molecular formula is C11H17F3N4O. The lowest BCUT2D eigenvalue weighted by Crippen LogP contribution is -2.46. The Morgan fingerprint density at radius 2 is 2.00 bits per heavy atom. The van der Waals surface area contributed by atoms with Crippen molar-refractivity contribution in [1.29, 1.82) is 0 Å². The maximum absolute atomic E-state index is 12.4. The van der Waals surface area contributed by atoms with Crippen LogP contribution >= 0.6 is 0 Å². The summed E-state index contributed by atoms with van der Waals surface area (Å²) in [5.74, 6) is 0. The average molecular weight is 278 g/mol. The minimum atomic E-state index is -4.44. The molecule has 1 fully saturated rings. The van der Waals surface area contributed by atoms with Gasteiger partial charge in [-0.2, -0.15) is 18.3 Å². The third-order valence-electron chi connectivity index (χ3n) is 3.01. The number of β-amino-alcohol motifs (C(OH)–C–C–N with tert-alkyl or cyclic N) is 1. The van der Waals surface area contributed by atoms with Crippen molar-refractivity contribution in [1.82, 2.24) is 20.0 Å². The molecule has 5 nitrogen and oxygen atoms in total. The van der Waals surface area contributed by atoms with Gasteiger partial charge < -0.3 is 10.4 Å². The molecule has 0 spiro atoms. The molecule has 19 heavy (non-hydrogen) atoms. The van der Waals surface area contributed by atoms with Crippen molar-refractivity contribution in [3.05, 3.63) is 18.0 Å². The van der Waals surface area contributed by atoms with Crippen molar-refractivity contribution in [2.45, 2.75) is 18.8 Å². The number of aliphatic hydroxyl groups is 1. The van der Waals surface area contributed by atoms with Gasteiger partial charge in [-0.15, -0.1) is 0 Å². The van der Waals surface area contributed by atoms with Crippen LogP contribution in [0.3, 0.4) is 0 Å². The normalized spacial score (nSPS) is 19.6. The molecular weight excluding hydrogens is 261 g/mol. The van der Waals surface area contributed by atoms with Crippen LogP contribution in [0.2, 0.25) is 0 Å². The Hall–Kier alpha value is -1.12. The molecule has 1 unspecified atom stereocenters. The summed E-state index contributed by atoms with van der Waals surface area (Å²) < 4.78 is 38.2. The van der Waals surface area contributed by atoms with Crippen LogP contribution in [-0.4, -0.2) is 58.6 Å². The number of nitrogens with one attached hydrogen (secondary N) is 1. The first kappa shape index (κ1) is 14.3. The Morgan fingerprint density at radius 3 is 2.58 bits per heavy atom. The molecule has 2 N–H and O–H groups in total. The van der Waals surface area contributed by atoms with Gasteiger partial charge in [0.2, 0.25) is 0 Å². The van der Waals surface area contributed by atoms with Gasteiger partial charge in [-0.1, -0.05) is 0 Å². The van der Waals surface area contributed by atoms with Crippen LogP contribution in [-0.2, 0) is 12.7 Å². The van der Waals surface area contributed by atoms with Gasteiger partial charge >= 0.3 is 6.18 Å². The monoisotopic (exact) mass is 278 g/mol. The van der Waals surface area contributed by atoms with Gasteiger partial charge in [-0.25, -0.2) is 0 Å². The van der Waals surface area contributed by atoms with E-state index in [1.54, 1.807) is 0 Å². The van der Waals surface area contributed by atoms with Gasteiger partial charge in [-0.3, -0.25) is 9.58 Å². The van der Waals surface area contributed by atoms with Gasteiger partial charge in [-0.05, 0) is 6.07 Å². The largest absolute Gasteiger partial charge is 0.435 e. The topological polar surface area (TPSA) is 53.3 Å². The van der Waals surface area contributed by atoms with Gasteiger partial charge in [0.25, 0.3) is 0 Å². The zero-order chi connectivity index (χ0) is 13.9. The zero-order valence-electron chi connectivity index (χ0n) is 10.4. The molecule has 0 aliphatic carbocycles. The molecule has 0 aromatic carbocycles. The fraction of sp³-hybridized carbons (Fsp3) is 0.727. The lowest BCUT2D eigenvalue weighted by Gasteiger charge is -2.29. The van der Waals surface area contributed by atoms with E-state index in [-0.39, 0.29) is 6.54 Å². The van der Waals surface area contributed by atoms with E-state index < -0.39 is 18.0 Å². The lowest BCUT2D eigenvalue weighted by molar-refractivity contribution is -0.141. The SMILES string of the molecule is OC(CN1CCNCC1)Cn1ccc(C(F)(F)F)n1. The molecule has 1 aliphatic heterocycles. The Kier molecular flexibility index (Phi) is 4.43. The zero-order valence-corrected chi connectivity index (χ0v) is 10.4. The van der Waals surface area contributed by atoms with Crippen LogP contribution in [0.4, 0.5) is 13.2 Å². The fourth-order valence-electron chi connectivity index (χ4n) is 2.08. The standard InChI is InChI=1S/C11H17F3N4O/c12-11(13,14)10-1-4-18(16-10)8-9(19)7-17-5-2-15-3-6-17/h1,4,9,15,19H,2-3,5-8H2. The van der Waals surface area contributed by atoms with Crippen molar-refractivity contribution in [3.63, 3.8) is 0 Å². The number of hydrogen-bond donors (Lipinski definition) is 2. The second-order valence-corrected chi connectivity index (χ2v) is 4.63. The second kappa shape index (κ2) is 5.89. The summed E-state index contributed by atoms with van der Waals surface area (Å²) in [5.41, 5.74) is -0.929. The summed E-state index contributed by atoms with van der Waals surface area (Å²) >= 11 is 0. The molecule has 2 rings (SSSR count). The predicted molar refractivity (Wildman–Crippen MR) is 62.5 cm³/mol. The van der Waals surface area contributed by atoms with E-state index >= 15 is 0 Å². The predicted octanol–water partition coefficient (Wildman–Crippen LogP) is 0.168. The highest BCUT2D eigenvalue weighted by Crippen LogP contribution is 2.27. The van der Waals surface area contributed by atoms with E-state index in [0.717, 1.165) is 36.9 Å². The van der Waals surface area contributed by atoms with Crippen molar-refractivity contribution < 1.29 is 18.3 Å². The maximum atomic E-state index is 12.4. The van der Waals surface area contributed by atoms with Gasteiger partial charge in [0.1, 0.15) is 0 Å². The van der Waals surface area contributed by atoms with Crippen molar-refractivity contribution in [2.24, 2.45) is 0 Å². The Labute approximate surface area is 109 Å². The lowest BCUT2D eigenvalue weighted by atomic mass is 10.3. The first-order valence-corrected chi connectivity index (χ1v) is 6.17. The summed E-state index contributed by atoms with van der Waals surface area (Å²) in [6.07, 6.45) is -3.92. The quantitative estimate of drug-likeness (QED) is 0.824. The van der Waals surface area contributed by atoms with Crippen LogP contribution in [0.5, 0.6) is 0 Å². The number of piperazine rings is 1. The molecule has 0 amide bonds. The first-order valence-electron chi connectivity index (χ1n) is 6.17. The highest BCUT2D eigenvalue weighted by atomic mass is 19.4. The van der Waals surface area contributed by atoms with Gasteiger partial charge in [0, 0.05) is 38.9 Å². The van der Waals surface area contributed by atoms with E-state index in [1.165, 1.54) is 6.20 Å². The summed E-state index contributed by atoms with van der Waals surface area (Å²) in [7, 11) is 0. The first-order chi connectivity index (χ1) is 8.95. The van der Waals surface area contributed by atoms with Crippen LogP contribution < -0.4 is 5.32 Å². The van der Waals surface area contributed by atoms with Crippen LogP contribution in [0.1, 0.15) is 5.69 Å². The maximum Gasteiger partial charge on any atom is 0.435 e. The number of halogens is 3. The molecule has 1 aromatic heterocycles. The third-order valence-corrected chi connectivity index (χ3v) is 3.01. The molecule has 0 radical (unpaired) electrons. The van der Waals surface area contributed by atoms with Crippen LogP contribution in [0, 0.1) is 0 Å². The third kappa shape index (κ3) is 4.19. The summed E-state index contributed by atoms with van der Waals surface area (Å²) in [5, 5.41) is 16.5. The van der Waals surface area contributed by atoms with Crippen molar-refractivity contribution in [2.75, 3.05) is 32.7 Å². The number of nitrogens with zero attached hydrogens (tertiary/aromatic N) is 3. The molecule has 1 aromatic rings. The van der Waals surface area contributed by atoms with E-state index in [4.69, 9.17) is 0 Å².